The predicted molar refractivity (Wildman–Crippen MR) is 31.8 cm³/mol. The van der Waals surface area contributed by atoms with Gasteiger partial charge in [-0.25, -0.2) is 0 Å². The van der Waals surface area contributed by atoms with Crippen LogP contribution in [0.5, 0.6) is 0 Å². The van der Waals surface area contributed by atoms with Crippen LogP contribution in [0.3, 0.4) is 0 Å². The van der Waals surface area contributed by atoms with Gasteiger partial charge in [0.15, 0.2) is 0 Å². The van der Waals surface area contributed by atoms with Crippen LogP contribution in [0.1, 0.15) is 6.92 Å². The molecule has 7 heavy (non-hydrogen) atoms. The maximum Gasteiger partial charge on any atom is 0.0195 e. The van der Waals surface area contributed by atoms with Gasteiger partial charge in [0.25, 0.3) is 0 Å². The fourth-order valence-electron chi connectivity index (χ4n) is 0.293. The molecule has 0 unspecified atom stereocenters. The third-order valence-corrected chi connectivity index (χ3v) is 0.576. The van der Waals surface area contributed by atoms with Crippen LogP contribution in [0.25, 0.3) is 0 Å². The monoisotopic (exact) mass is 100 g/mol. The lowest BCUT2D eigenvalue weighted by Crippen LogP contribution is -2.11. The summed E-state index contributed by atoms with van der Waals surface area (Å²) in [4.78, 5) is 0. The normalized spacial score (nSPS) is 15.3. The summed E-state index contributed by atoms with van der Waals surface area (Å²) >= 11 is 0. The summed E-state index contributed by atoms with van der Waals surface area (Å²) in [6.45, 7) is 2.49. The van der Waals surface area contributed by atoms with Crippen molar-refractivity contribution in [2.75, 3.05) is 6.54 Å². The Morgan fingerprint density at radius 3 is 2.43 bits per heavy atom. The lowest BCUT2D eigenvalue weighted by atomic mass is 10.3. The fraction of sp³-hybridized carbons (Fsp3) is 0.600. The van der Waals surface area contributed by atoms with Gasteiger partial charge in [-0.05, 0) is 6.92 Å². The zero-order chi connectivity index (χ0) is 5.70. The van der Waals surface area contributed by atoms with Crippen molar-refractivity contribution in [1.29, 1.82) is 0 Å². The zero-order valence-electron chi connectivity index (χ0n) is 4.59. The van der Waals surface area contributed by atoms with E-state index < -0.39 is 0 Å². The van der Waals surface area contributed by atoms with Crippen LogP contribution in [0.15, 0.2) is 12.2 Å². The molecule has 0 spiro atoms. The van der Waals surface area contributed by atoms with E-state index in [-0.39, 0.29) is 6.04 Å². The van der Waals surface area contributed by atoms with Crippen LogP contribution in [-0.4, -0.2) is 12.6 Å². The predicted octanol–water partition coefficient (Wildman–Crippen LogP) is -0.151. The van der Waals surface area contributed by atoms with Gasteiger partial charge in [-0.2, -0.15) is 0 Å². The van der Waals surface area contributed by atoms with E-state index in [2.05, 4.69) is 0 Å². The number of hydrogen-bond donors (Lipinski definition) is 2. The van der Waals surface area contributed by atoms with Gasteiger partial charge in [-0.1, -0.05) is 12.2 Å². The van der Waals surface area contributed by atoms with E-state index in [4.69, 9.17) is 11.5 Å². The van der Waals surface area contributed by atoms with Crippen molar-refractivity contribution in [1.82, 2.24) is 0 Å². The first-order chi connectivity index (χ1) is 3.27. The SMILES string of the molecule is C[C@H](N)/C=C\CN. The van der Waals surface area contributed by atoms with Crippen LogP contribution >= 0.6 is 0 Å². The minimum absolute atomic E-state index is 0.142. The summed E-state index contributed by atoms with van der Waals surface area (Å²) in [5, 5.41) is 0. The number of nitrogens with two attached hydrogens (primary N) is 2. The minimum atomic E-state index is 0.142. The molecule has 0 fully saturated rings. The third-order valence-electron chi connectivity index (χ3n) is 0.576. The molecule has 0 aliphatic carbocycles. The van der Waals surface area contributed by atoms with Gasteiger partial charge in [-0.3, -0.25) is 0 Å². The van der Waals surface area contributed by atoms with E-state index in [9.17, 15) is 0 Å². The second kappa shape index (κ2) is 3.84. The largest absolute Gasteiger partial charge is 0.327 e. The van der Waals surface area contributed by atoms with E-state index in [1.54, 1.807) is 0 Å². The fourth-order valence-corrected chi connectivity index (χ4v) is 0.293. The Morgan fingerprint density at radius 2 is 2.29 bits per heavy atom. The van der Waals surface area contributed by atoms with Gasteiger partial charge < -0.3 is 11.5 Å². The van der Waals surface area contributed by atoms with E-state index in [1.807, 2.05) is 19.1 Å². The highest BCUT2D eigenvalue weighted by Gasteiger charge is 1.78. The molecule has 0 aromatic carbocycles. The molecule has 4 N–H and O–H groups in total. The summed E-state index contributed by atoms with van der Waals surface area (Å²) in [7, 11) is 0. The van der Waals surface area contributed by atoms with Crippen molar-refractivity contribution in [3.05, 3.63) is 12.2 Å². The molecule has 0 bridgehead atoms. The average molecular weight is 100 g/mol. The minimum Gasteiger partial charge on any atom is -0.327 e. The summed E-state index contributed by atoms with van der Waals surface area (Å²) in [5.74, 6) is 0. The van der Waals surface area contributed by atoms with Gasteiger partial charge in [0.2, 0.25) is 0 Å². The Bertz CT molecular complexity index is 57.1. The summed E-state index contributed by atoms with van der Waals surface area (Å²) in [6.07, 6.45) is 3.73. The molecule has 0 aromatic heterocycles. The molecule has 0 saturated heterocycles. The molecule has 2 heteroatoms. The third kappa shape index (κ3) is 5.66. The maximum absolute atomic E-state index is 5.34. The first-order valence-electron chi connectivity index (χ1n) is 2.39. The first kappa shape index (κ1) is 6.66. The smallest absolute Gasteiger partial charge is 0.0195 e. The second-order valence-corrected chi connectivity index (χ2v) is 1.52. The van der Waals surface area contributed by atoms with Gasteiger partial charge in [-0.15, -0.1) is 0 Å². The number of rotatable bonds is 2. The van der Waals surface area contributed by atoms with Gasteiger partial charge in [0, 0.05) is 12.6 Å². The molecular weight excluding hydrogens is 88.1 g/mol. The van der Waals surface area contributed by atoms with Crippen molar-refractivity contribution in [2.24, 2.45) is 11.5 Å². The molecule has 0 saturated carbocycles. The van der Waals surface area contributed by atoms with Crippen molar-refractivity contribution in [2.45, 2.75) is 13.0 Å². The van der Waals surface area contributed by atoms with E-state index in [0.29, 0.717) is 6.54 Å². The molecule has 0 radical (unpaired) electrons. The van der Waals surface area contributed by atoms with E-state index in [0.717, 1.165) is 0 Å². The van der Waals surface area contributed by atoms with Crippen LogP contribution < -0.4 is 11.5 Å². The number of hydrogen-bond acceptors (Lipinski definition) is 2. The van der Waals surface area contributed by atoms with Crippen LogP contribution in [0.4, 0.5) is 0 Å². The molecule has 42 valence electrons. The highest BCUT2D eigenvalue weighted by Crippen LogP contribution is 1.74. The van der Waals surface area contributed by atoms with Gasteiger partial charge in [0.05, 0.1) is 0 Å². The zero-order valence-corrected chi connectivity index (χ0v) is 4.59. The quantitative estimate of drug-likeness (QED) is 0.474. The van der Waals surface area contributed by atoms with Crippen molar-refractivity contribution in [3.8, 4) is 0 Å². The summed E-state index contributed by atoms with van der Waals surface area (Å²) in [5.41, 5.74) is 10.5. The van der Waals surface area contributed by atoms with Crippen molar-refractivity contribution in [3.63, 3.8) is 0 Å². The lowest BCUT2D eigenvalue weighted by molar-refractivity contribution is 0.920. The topological polar surface area (TPSA) is 52.0 Å². The molecule has 0 amide bonds. The Balaban J connectivity index is 3.08. The Morgan fingerprint density at radius 1 is 1.71 bits per heavy atom. The lowest BCUT2D eigenvalue weighted by Gasteiger charge is -1.90. The average Bonchev–Trinajstić information content (AvgIpc) is 1.61. The summed E-state index contributed by atoms with van der Waals surface area (Å²) < 4.78 is 0. The Hall–Kier alpha value is -0.340. The highest BCUT2D eigenvalue weighted by atomic mass is 14.6. The molecule has 2 nitrogen and oxygen atoms in total. The van der Waals surface area contributed by atoms with Crippen molar-refractivity contribution < 1.29 is 0 Å². The standard InChI is InChI=1S/C5H12N2/c1-5(7)3-2-4-6/h2-3,5H,4,6-7H2,1H3/b3-2-/t5-/m0/s1. The molecule has 1 atom stereocenters. The van der Waals surface area contributed by atoms with E-state index >= 15 is 0 Å². The van der Waals surface area contributed by atoms with Gasteiger partial charge >= 0.3 is 0 Å². The van der Waals surface area contributed by atoms with Gasteiger partial charge in [0.1, 0.15) is 0 Å². The van der Waals surface area contributed by atoms with Crippen molar-refractivity contribution >= 4 is 0 Å². The first-order valence-corrected chi connectivity index (χ1v) is 2.39. The van der Waals surface area contributed by atoms with Crippen LogP contribution in [0.2, 0.25) is 0 Å². The maximum atomic E-state index is 5.34. The Kier molecular flexibility index (Phi) is 3.65. The molecule has 0 aliphatic rings. The molecule has 0 aromatic rings. The highest BCUT2D eigenvalue weighted by molar-refractivity contribution is 4.88. The second-order valence-electron chi connectivity index (χ2n) is 1.52. The van der Waals surface area contributed by atoms with Crippen LogP contribution in [0, 0.1) is 0 Å². The van der Waals surface area contributed by atoms with Crippen LogP contribution in [-0.2, 0) is 0 Å². The Labute approximate surface area is 44.2 Å². The van der Waals surface area contributed by atoms with E-state index in [1.165, 1.54) is 0 Å². The molecule has 0 aliphatic heterocycles. The molecule has 0 rings (SSSR count). The molecule has 0 heterocycles. The molecular formula is C5H12N2. The summed E-state index contributed by atoms with van der Waals surface area (Å²) in [6, 6.07) is 0.142.